The van der Waals surface area contributed by atoms with Crippen LogP contribution in [0.3, 0.4) is 0 Å². The van der Waals surface area contributed by atoms with Crippen LogP contribution in [0, 0.1) is 17.8 Å². The first-order valence-electron chi connectivity index (χ1n) is 13.0. The fraction of sp³-hybridized carbons (Fsp3) is 0.667. The first kappa shape index (κ1) is 26.4. The van der Waals surface area contributed by atoms with Crippen molar-refractivity contribution in [3.05, 3.63) is 23.8 Å². The van der Waals surface area contributed by atoms with E-state index in [1.807, 2.05) is 11.8 Å². The third-order valence-electron chi connectivity index (χ3n) is 7.51. The van der Waals surface area contributed by atoms with E-state index < -0.39 is 0 Å². The Balaban J connectivity index is 1.61. The molecule has 1 aromatic carbocycles. The molecule has 9 heteroatoms. The Bertz CT molecular complexity index is 959. The predicted octanol–water partition coefficient (Wildman–Crippen LogP) is 2.79. The van der Waals surface area contributed by atoms with E-state index in [4.69, 9.17) is 14.2 Å². The molecule has 1 aromatic rings. The van der Waals surface area contributed by atoms with Crippen molar-refractivity contribution in [3.63, 3.8) is 0 Å². The standard InChI is InChI=1S/C27H39N3O6/c1-17-14-30(26(32)20-9-11-35-12-10-20)18(2)16-36-23-8-7-21(28-25(31)19-5-6-19)13-22(23)27(33)29(3)15-24(17)34-4/h7-8,13,17-20,24H,5-6,9-12,14-16H2,1-4H3,(H,28,31)/t17-,18+,24-/m1/s1. The number of ether oxygens (including phenoxy) is 3. The first-order chi connectivity index (χ1) is 17.3. The van der Waals surface area contributed by atoms with Gasteiger partial charge in [-0.15, -0.1) is 0 Å². The Morgan fingerprint density at radius 1 is 1.06 bits per heavy atom. The number of amides is 3. The summed E-state index contributed by atoms with van der Waals surface area (Å²) in [5.41, 5.74) is 0.952. The van der Waals surface area contributed by atoms with Gasteiger partial charge >= 0.3 is 0 Å². The summed E-state index contributed by atoms with van der Waals surface area (Å²) >= 11 is 0. The number of benzene rings is 1. The van der Waals surface area contributed by atoms with Crippen molar-refractivity contribution < 1.29 is 28.6 Å². The van der Waals surface area contributed by atoms with E-state index in [0.717, 1.165) is 25.7 Å². The third-order valence-corrected chi connectivity index (χ3v) is 7.51. The van der Waals surface area contributed by atoms with Crippen LogP contribution in [0.2, 0.25) is 0 Å². The normalized spacial score (nSPS) is 26.3. The van der Waals surface area contributed by atoms with Crippen molar-refractivity contribution in [1.82, 2.24) is 9.80 Å². The highest BCUT2D eigenvalue weighted by atomic mass is 16.5. The second kappa shape index (κ2) is 11.6. The highest BCUT2D eigenvalue weighted by Crippen LogP contribution is 2.32. The molecule has 36 heavy (non-hydrogen) atoms. The molecule has 1 aliphatic carbocycles. The first-order valence-corrected chi connectivity index (χ1v) is 13.0. The summed E-state index contributed by atoms with van der Waals surface area (Å²) < 4.78 is 17.4. The van der Waals surface area contributed by atoms with Crippen LogP contribution in [0.25, 0.3) is 0 Å². The zero-order chi connectivity index (χ0) is 25.8. The maximum Gasteiger partial charge on any atom is 0.257 e. The summed E-state index contributed by atoms with van der Waals surface area (Å²) in [7, 11) is 3.38. The molecule has 0 radical (unpaired) electrons. The van der Waals surface area contributed by atoms with Crippen LogP contribution in [0.4, 0.5) is 5.69 Å². The molecule has 3 aliphatic rings. The van der Waals surface area contributed by atoms with Gasteiger partial charge in [-0.05, 0) is 50.8 Å². The van der Waals surface area contributed by atoms with Crippen molar-refractivity contribution in [2.24, 2.45) is 17.8 Å². The average Bonchev–Trinajstić information content (AvgIpc) is 3.74. The minimum absolute atomic E-state index is 0.000415. The lowest BCUT2D eigenvalue weighted by atomic mass is 9.95. The van der Waals surface area contributed by atoms with Gasteiger partial charge < -0.3 is 29.3 Å². The number of likely N-dealkylation sites (N-methyl/N-ethyl adjacent to an activating group) is 1. The number of rotatable bonds is 4. The van der Waals surface area contributed by atoms with Crippen molar-refractivity contribution >= 4 is 23.4 Å². The fourth-order valence-corrected chi connectivity index (χ4v) is 4.93. The van der Waals surface area contributed by atoms with Gasteiger partial charge in [-0.3, -0.25) is 14.4 Å². The van der Waals surface area contributed by atoms with Gasteiger partial charge in [0.25, 0.3) is 5.91 Å². The Morgan fingerprint density at radius 2 is 1.78 bits per heavy atom. The van der Waals surface area contributed by atoms with Gasteiger partial charge in [-0.25, -0.2) is 0 Å². The lowest BCUT2D eigenvalue weighted by molar-refractivity contribution is -0.142. The Morgan fingerprint density at radius 3 is 2.44 bits per heavy atom. The molecular weight excluding hydrogens is 462 g/mol. The smallest absolute Gasteiger partial charge is 0.257 e. The quantitative estimate of drug-likeness (QED) is 0.682. The monoisotopic (exact) mass is 501 g/mol. The van der Waals surface area contributed by atoms with Gasteiger partial charge in [0.2, 0.25) is 11.8 Å². The molecule has 198 valence electrons. The molecule has 2 aliphatic heterocycles. The van der Waals surface area contributed by atoms with Crippen molar-refractivity contribution in [2.45, 2.75) is 51.7 Å². The van der Waals surface area contributed by atoms with E-state index in [1.54, 1.807) is 37.3 Å². The van der Waals surface area contributed by atoms with Gasteiger partial charge in [0, 0.05) is 63.9 Å². The Labute approximate surface area is 213 Å². The predicted molar refractivity (Wildman–Crippen MR) is 135 cm³/mol. The topological polar surface area (TPSA) is 97.4 Å². The highest BCUT2D eigenvalue weighted by Gasteiger charge is 2.34. The summed E-state index contributed by atoms with van der Waals surface area (Å²) in [4.78, 5) is 42.9. The molecule has 0 bridgehead atoms. The summed E-state index contributed by atoms with van der Waals surface area (Å²) in [6, 6.07) is 4.97. The molecule has 9 nitrogen and oxygen atoms in total. The van der Waals surface area contributed by atoms with Crippen LogP contribution in [-0.2, 0) is 19.1 Å². The van der Waals surface area contributed by atoms with E-state index in [9.17, 15) is 14.4 Å². The van der Waals surface area contributed by atoms with E-state index in [2.05, 4.69) is 12.2 Å². The van der Waals surface area contributed by atoms with Gasteiger partial charge in [-0.2, -0.15) is 0 Å². The lowest BCUT2D eigenvalue weighted by Gasteiger charge is -2.38. The molecular formula is C27H39N3O6. The van der Waals surface area contributed by atoms with Gasteiger partial charge in [0.15, 0.2) is 0 Å². The second-order valence-corrected chi connectivity index (χ2v) is 10.4. The number of nitrogens with one attached hydrogen (secondary N) is 1. The van der Waals surface area contributed by atoms with Gasteiger partial charge in [0.05, 0.1) is 17.7 Å². The van der Waals surface area contributed by atoms with Crippen molar-refractivity contribution in [3.8, 4) is 5.75 Å². The number of carbonyl (C=O) groups excluding carboxylic acids is 3. The molecule has 1 saturated carbocycles. The van der Waals surface area contributed by atoms with E-state index in [-0.39, 0.29) is 54.2 Å². The van der Waals surface area contributed by atoms with Crippen LogP contribution in [0.5, 0.6) is 5.75 Å². The minimum atomic E-state index is -0.252. The van der Waals surface area contributed by atoms with Crippen LogP contribution < -0.4 is 10.1 Å². The molecule has 1 saturated heterocycles. The van der Waals surface area contributed by atoms with Gasteiger partial charge in [0.1, 0.15) is 12.4 Å². The number of nitrogens with zero attached hydrogens (tertiary/aromatic N) is 2. The number of anilines is 1. The third kappa shape index (κ3) is 6.18. The molecule has 2 heterocycles. The summed E-state index contributed by atoms with van der Waals surface area (Å²) in [6.45, 7) is 6.36. The van der Waals surface area contributed by atoms with E-state index in [0.29, 0.717) is 43.3 Å². The molecule has 2 fully saturated rings. The molecule has 0 spiro atoms. The molecule has 3 atom stereocenters. The van der Waals surface area contributed by atoms with Crippen LogP contribution in [-0.4, -0.2) is 86.7 Å². The van der Waals surface area contributed by atoms with Gasteiger partial charge in [-0.1, -0.05) is 6.92 Å². The van der Waals surface area contributed by atoms with Crippen molar-refractivity contribution in [1.29, 1.82) is 0 Å². The largest absolute Gasteiger partial charge is 0.491 e. The maximum atomic E-state index is 13.6. The maximum absolute atomic E-state index is 13.6. The second-order valence-electron chi connectivity index (χ2n) is 10.4. The number of carbonyl (C=O) groups is 3. The Hall–Kier alpha value is -2.65. The Kier molecular flexibility index (Phi) is 8.51. The zero-order valence-corrected chi connectivity index (χ0v) is 21.8. The van der Waals surface area contributed by atoms with Crippen LogP contribution in [0.1, 0.15) is 49.9 Å². The number of fused-ring (bicyclic) bond motifs is 1. The summed E-state index contributed by atoms with van der Waals surface area (Å²) in [5.74, 6) is 0.333. The van der Waals surface area contributed by atoms with Crippen LogP contribution >= 0.6 is 0 Å². The van der Waals surface area contributed by atoms with Crippen molar-refractivity contribution in [2.75, 3.05) is 52.4 Å². The lowest BCUT2D eigenvalue weighted by Crippen LogP contribution is -2.50. The molecule has 0 unspecified atom stereocenters. The number of hydrogen-bond donors (Lipinski definition) is 1. The minimum Gasteiger partial charge on any atom is -0.491 e. The summed E-state index contributed by atoms with van der Waals surface area (Å²) in [6.07, 6.45) is 3.00. The fourth-order valence-electron chi connectivity index (χ4n) is 4.93. The molecule has 1 N–H and O–H groups in total. The molecule has 3 amide bonds. The zero-order valence-electron chi connectivity index (χ0n) is 21.8. The molecule has 4 rings (SSSR count). The van der Waals surface area contributed by atoms with E-state index in [1.165, 1.54) is 0 Å². The SMILES string of the molecule is CO[C@@H]1CN(C)C(=O)c2cc(NC(=O)C3CC3)ccc2OC[C@H](C)N(C(=O)C2CCOCC2)C[C@H]1C. The van der Waals surface area contributed by atoms with Crippen LogP contribution in [0.15, 0.2) is 18.2 Å². The van der Waals surface area contributed by atoms with E-state index >= 15 is 0 Å². The average molecular weight is 502 g/mol. The highest BCUT2D eigenvalue weighted by molar-refractivity contribution is 6.00. The number of methoxy groups -OCH3 is 1. The molecule has 0 aromatic heterocycles. The number of hydrogen-bond acceptors (Lipinski definition) is 6. The summed E-state index contributed by atoms with van der Waals surface area (Å²) in [5, 5.41) is 2.92.